The van der Waals surface area contributed by atoms with Crippen LogP contribution in [0.3, 0.4) is 0 Å². The van der Waals surface area contributed by atoms with E-state index in [2.05, 4.69) is 4.98 Å². The minimum absolute atomic E-state index is 0.135. The SMILES string of the molecule is COc1cc([C@@H](c2c[nH]c3ccccc23)C2C(=O)OC(C)(C)OC2=O)ccc1OCc1cccc(F)c1. The molecule has 5 rings (SSSR count). The molecule has 0 aliphatic carbocycles. The molecule has 1 aliphatic heterocycles. The normalized spacial score (nSPS) is 16.2. The molecule has 4 aromatic rings. The Bertz CT molecular complexity index is 1460. The Labute approximate surface area is 213 Å². The number of hydrogen-bond acceptors (Lipinski definition) is 6. The third-order valence-electron chi connectivity index (χ3n) is 6.32. The van der Waals surface area contributed by atoms with E-state index in [1.807, 2.05) is 24.3 Å². The van der Waals surface area contributed by atoms with E-state index >= 15 is 0 Å². The third kappa shape index (κ3) is 4.87. The van der Waals surface area contributed by atoms with Gasteiger partial charge < -0.3 is 23.9 Å². The zero-order valence-corrected chi connectivity index (χ0v) is 20.6. The lowest BCUT2D eigenvalue weighted by Gasteiger charge is -2.36. The summed E-state index contributed by atoms with van der Waals surface area (Å²) in [6.07, 6.45) is 1.79. The molecule has 190 valence electrons. The lowest BCUT2D eigenvalue weighted by atomic mass is 9.80. The van der Waals surface area contributed by atoms with E-state index in [-0.39, 0.29) is 12.4 Å². The molecule has 3 aromatic carbocycles. The molecule has 0 saturated carbocycles. The molecule has 1 aliphatic rings. The molecule has 0 unspecified atom stereocenters. The predicted molar refractivity (Wildman–Crippen MR) is 134 cm³/mol. The van der Waals surface area contributed by atoms with Crippen LogP contribution in [0.15, 0.2) is 72.9 Å². The highest BCUT2D eigenvalue weighted by Gasteiger charge is 2.48. The molecular formula is C29H26FNO6. The zero-order chi connectivity index (χ0) is 26.2. The first-order valence-electron chi connectivity index (χ1n) is 11.8. The van der Waals surface area contributed by atoms with Gasteiger partial charge in [0.05, 0.1) is 7.11 Å². The van der Waals surface area contributed by atoms with E-state index in [1.165, 1.54) is 33.1 Å². The van der Waals surface area contributed by atoms with Gasteiger partial charge in [-0.3, -0.25) is 9.59 Å². The fourth-order valence-corrected chi connectivity index (χ4v) is 4.69. The fourth-order valence-electron chi connectivity index (χ4n) is 4.69. The van der Waals surface area contributed by atoms with Gasteiger partial charge in [0.15, 0.2) is 17.4 Å². The van der Waals surface area contributed by atoms with Crippen LogP contribution in [0.25, 0.3) is 10.9 Å². The number of fused-ring (bicyclic) bond motifs is 1. The number of benzene rings is 3. The van der Waals surface area contributed by atoms with Crippen LogP contribution in [0.2, 0.25) is 0 Å². The molecule has 1 aromatic heterocycles. The Hall–Kier alpha value is -4.33. The van der Waals surface area contributed by atoms with E-state index in [1.54, 1.807) is 36.5 Å². The Morgan fingerprint density at radius 3 is 2.46 bits per heavy atom. The Balaban J connectivity index is 1.55. The van der Waals surface area contributed by atoms with Crippen LogP contribution in [0, 0.1) is 11.7 Å². The van der Waals surface area contributed by atoms with E-state index in [0.717, 1.165) is 16.5 Å². The number of ether oxygens (including phenoxy) is 4. The van der Waals surface area contributed by atoms with Crippen LogP contribution >= 0.6 is 0 Å². The number of rotatable bonds is 7. The van der Waals surface area contributed by atoms with Crippen LogP contribution in [-0.4, -0.2) is 29.8 Å². The average molecular weight is 504 g/mol. The number of cyclic esters (lactones) is 2. The van der Waals surface area contributed by atoms with Crippen molar-refractivity contribution >= 4 is 22.8 Å². The second kappa shape index (κ2) is 9.61. The second-order valence-corrected chi connectivity index (χ2v) is 9.32. The number of nitrogens with one attached hydrogen (secondary N) is 1. The lowest BCUT2D eigenvalue weighted by molar-refractivity contribution is -0.240. The molecule has 1 fully saturated rings. The number of carbonyl (C=O) groups is 2. The highest BCUT2D eigenvalue weighted by atomic mass is 19.1. The quantitative estimate of drug-likeness (QED) is 0.266. The molecule has 0 amide bonds. The molecule has 2 heterocycles. The van der Waals surface area contributed by atoms with Gasteiger partial charge in [-0.25, -0.2) is 4.39 Å². The largest absolute Gasteiger partial charge is 0.493 e. The van der Waals surface area contributed by atoms with Crippen LogP contribution in [0.1, 0.15) is 36.5 Å². The topological polar surface area (TPSA) is 86.9 Å². The molecule has 0 spiro atoms. The highest BCUT2D eigenvalue weighted by molar-refractivity contribution is 5.99. The van der Waals surface area contributed by atoms with Gasteiger partial charge >= 0.3 is 11.9 Å². The molecule has 1 N–H and O–H groups in total. The van der Waals surface area contributed by atoms with E-state index < -0.39 is 29.6 Å². The third-order valence-corrected chi connectivity index (χ3v) is 6.32. The number of aromatic nitrogens is 1. The molecule has 0 radical (unpaired) electrons. The van der Waals surface area contributed by atoms with Crippen molar-refractivity contribution < 1.29 is 32.9 Å². The highest BCUT2D eigenvalue weighted by Crippen LogP contribution is 2.43. The number of esters is 2. The second-order valence-electron chi connectivity index (χ2n) is 9.32. The monoisotopic (exact) mass is 503 g/mol. The first kappa shape index (κ1) is 24.4. The van der Waals surface area contributed by atoms with Crippen molar-refractivity contribution in [1.82, 2.24) is 4.98 Å². The van der Waals surface area contributed by atoms with Gasteiger partial charge in [-0.2, -0.15) is 0 Å². The molecule has 8 heteroatoms. The molecule has 37 heavy (non-hydrogen) atoms. The van der Waals surface area contributed by atoms with Crippen LogP contribution < -0.4 is 9.47 Å². The van der Waals surface area contributed by atoms with Crippen LogP contribution in [-0.2, 0) is 25.7 Å². The van der Waals surface area contributed by atoms with Gasteiger partial charge in [0.1, 0.15) is 12.4 Å². The average Bonchev–Trinajstić information content (AvgIpc) is 3.28. The first-order chi connectivity index (χ1) is 17.8. The number of para-hydroxylation sites is 1. The Morgan fingerprint density at radius 1 is 0.973 bits per heavy atom. The summed E-state index contributed by atoms with van der Waals surface area (Å²) in [5.41, 5.74) is 2.91. The summed E-state index contributed by atoms with van der Waals surface area (Å²) in [6.45, 7) is 3.18. The van der Waals surface area contributed by atoms with Gasteiger partial charge in [-0.1, -0.05) is 36.4 Å². The minimum Gasteiger partial charge on any atom is -0.493 e. The summed E-state index contributed by atoms with van der Waals surface area (Å²) in [5, 5.41) is 0.864. The van der Waals surface area contributed by atoms with Crippen molar-refractivity contribution in [2.24, 2.45) is 5.92 Å². The lowest BCUT2D eigenvalue weighted by Crippen LogP contribution is -2.48. The number of methoxy groups -OCH3 is 1. The first-order valence-corrected chi connectivity index (χ1v) is 11.8. The number of carbonyl (C=O) groups excluding carboxylic acids is 2. The summed E-state index contributed by atoms with van der Waals surface area (Å²) < 4.78 is 36.0. The van der Waals surface area contributed by atoms with Crippen LogP contribution in [0.5, 0.6) is 11.5 Å². The zero-order valence-electron chi connectivity index (χ0n) is 20.6. The number of halogens is 1. The molecule has 1 atom stereocenters. The molecule has 0 bridgehead atoms. The van der Waals surface area contributed by atoms with Crippen molar-refractivity contribution in [3.05, 3.63) is 95.4 Å². The van der Waals surface area contributed by atoms with Crippen molar-refractivity contribution in [3.63, 3.8) is 0 Å². The van der Waals surface area contributed by atoms with E-state index in [9.17, 15) is 14.0 Å². The smallest absolute Gasteiger partial charge is 0.324 e. The van der Waals surface area contributed by atoms with Gasteiger partial charge in [0, 0.05) is 36.9 Å². The summed E-state index contributed by atoms with van der Waals surface area (Å²) in [6, 6.07) is 19.0. The van der Waals surface area contributed by atoms with Gasteiger partial charge in [-0.15, -0.1) is 0 Å². The van der Waals surface area contributed by atoms with E-state index in [4.69, 9.17) is 18.9 Å². The summed E-state index contributed by atoms with van der Waals surface area (Å²) in [4.78, 5) is 29.5. The summed E-state index contributed by atoms with van der Waals surface area (Å²) in [7, 11) is 1.50. The fraction of sp³-hybridized carbons (Fsp3) is 0.241. The van der Waals surface area contributed by atoms with Gasteiger partial charge in [0.2, 0.25) is 0 Å². The van der Waals surface area contributed by atoms with Gasteiger partial charge in [0.25, 0.3) is 5.79 Å². The van der Waals surface area contributed by atoms with Crippen molar-refractivity contribution in [2.75, 3.05) is 7.11 Å². The minimum atomic E-state index is -1.35. The van der Waals surface area contributed by atoms with E-state index in [0.29, 0.717) is 22.6 Å². The Morgan fingerprint density at radius 2 is 1.73 bits per heavy atom. The van der Waals surface area contributed by atoms with Crippen LogP contribution in [0.4, 0.5) is 4.39 Å². The Kier molecular flexibility index (Phi) is 6.33. The van der Waals surface area contributed by atoms with Crippen molar-refractivity contribution in [2.45, 2.75) is 32.2 Å². The number of aromatic amines is 1. The van der Waals surface area contributed by atoms with Crippen molar-refractivity contribution in [1.29, 1.82) is 0 Å². The summed E-state index contributed by atoms with van der Waals surface area (Å²) in [5.74, 6) is -4.14. The summed E-state index contributed by atoms with van der Waals surface area (Å²) >= 11 is 0. The molecule has 1 saturated heterocycles. The number of hydrogen-bond donors (Lipinski definition) is 1. The molecular weight excluding hydrogens is 477 g/mol. The number of H-pyrrole nitrogens is 1. The predicted octanol–water partition coefficient (Wildman–Crippen LogP) is 5.48. The standard InChI is InChI=1S/C29H26FNO6/c1-29(2)36-27(32)26(28(33)37-29)25(21-15-31-22-10-5-4-9-20(21)22)18-11-12-23(24(14-18)34-3)35-16-17-7-6-8-19(30)13-17/h4-15,25-26,31H,16H2,1-3H3/t25-/m0/s1. The van der Waals surface area contributed by atoms with Crippen molar-refractivity contribution in [3.8, 4) is 11.5 Å². The molecule has 7 nitrogen and oxygen atoms in total. The maximum absolute atomic E-state index is 13.6. The maximum atomic E-state index is 13.6. The maximum Gasteiger partial charge on any atom is 0.324 e. The van der Waals surface area contributed by atoms with Gasteiger partial charge in [-0.05, 0) is 47.0 Å².